The smallest absolute Gasteiger partial charge is 0.309 e. The van der Waals surface area contributed by atoms with Gasteiger partial charge in [-0.3, -0.25) is 9.59 Å². The molecule has 1 aromatic carbocycles. The molecule has 108 valence electrons. The molecule has 0 aliphatic carbocycles. The first-order valence-corrected chi connectivity index (χ1v) is 7.35. The third-order valence-corrected chi connectivity index (χ3v) is 3.91. The van der Waals surface area contributed by atoms with Gasteiger partial charge in [0, 0.05) is 17.9 Å². The fourth-order valence-corrected chi connectivity index (χ4v) is 2.54. The molecule has 1 heterocycles. The van der Waals surface area contributed by atoms with Gasteiger partial charge in [-0.2, -0.15) is 0 Å². The molecule has 0 fully saturated rings. The molecular weight excluding hydrogens is 333 g/mol. The van der Waals surface area contributed by atoms with E-state index in [0.717, 1.165) is 11.8 Å². The zero-order valence-electron chi connectivity index (χ0n) is 10.8. The van der Waals surface area contributed by atoms with Crippen molar-refractivity contribution in [3.05, 3.63) is 52.1 Å². The minimum absolute atomic E-state index is 0.0862. The third-order valence-electron chi connectivity index (χ3n) is 2.28. The molecule has 0 unspecified atom stereocenters. The Morgan fingerprint density at radius 3 is 2.57 bits per heavy atom. The average Bonchev–Trinajstić information content (AvgIpc) is 2.42. The lowest BCUT2D eigenvalue weighted by Crippen LogP contribution is -2.05. The van der Waals surface area contributed by atoms with Crippen LogP contribution in [0.15, 0.2) is 41.3 Å². The van der Waals surface area contributed by atoms with Crippen molar-refractivity contribution in [1.82, 2.24) is 4.98 Å². The number of ether oxygens (including phenoxy) is 1. The number of pyridine rings is 1. The van der Waals surface area contributed by atoms with Crippen molar-refractivity contribution in [3.63, 3.8) is 0 Å². The molecule has 21 heavy (non-hydrogen) atoms. The Morgan fingerprint density at radius 1 is 1.14 bits per heavy atom. The van der Waals surface area contributed by atoms with Crippen molar-refractivity contribution in [2.45, 2.75) is 11.8 Å². The summed E-state index contributed by atoms with van der Waals surface area (Å²) in [5.74, 6) is -0.410. The lowest BCUT2D eigenvalue weighted by atomic mass is 10.4. The van der Waals surface area contributed by atoms with E-state index in [1.165, 1.54) is 13.0 Å². The van der Waals surface area contributed by atoms with Crippen LogP contribution in [0, 0.1) is 0 Å². The Kier molecular flexibility index (Phi) is 5.22. The standard InChI is InChI=1S/C14H9Cl2NO3S/c1-8(18)20-13-4-2-3-12(17-13)14(19)21-9-5-6-10(15)11(16)7-9/h2-7H,1H3. The maximum atomic E-state index is 12.1. The second-order valence-corrected chi connectivity index (χ2v) is 5.78. The lowest BCUT2D eigenvalue weighted by molar-refractivity contribution is -0.132. The summed E-state index contributed by atoms with van der Waals surface area (Å²) in [7, 11) is 0. The molecule has 0 N–H and O–H groups in total. The number of carbonyl (C=O) groups excluding carboxylic acids is 2. The van der Waals surface area contributed by atoms with Gasteiger partial charge in [0.1, 0.15) is 5.69 Å². The summed E-state index contributed by atoms with van der Waals surface area (Å²) in [5, 5.41) is 0.502. The van der Waals surface area contributed by atoms with Crippen LogP contribution in [0.5, 0.6) is 5.88 Å². The lowest BCUT2D eigenvalue weighted by Gasteiger charge is -2.04. The molecule has 0 bridgehead atoms. The fraction of sp³-hybridized carbons (Fsp3) is 0.0714. The topological polar surface area (TPSA) is 56.3 Å². The highest BCUT2D eigenvalue weighted by Gasteiger charge is 2.12. The van der Waals surface area contributed by atoms with Crippen molar-refractivity contribution in [2.75, 3.05) is 0 Å². The second kappa shape index (κ2) is 6.93. The molecule has 0 radical (unpaired) electrons. The number of carbonyl (C=O) groups is 2. The minimum atomic E-state index is -0.496. The zero-order valence-corrected chi connectivity index (χ0v) is 13.1. The normalized spacial score (nSPS) is 10.2. The van der Waals surface area contributed by atoms with Crippen molar-refractivity contribution in [2.24, 2.45) is 0 Å². The highest BCUT2D eigenvalue weighted by atomic mass is 35.5. The number of benzene rings is 1. The van der Waals surface area contributed by atoms with Gasteiger partial charge in [0.05, 0.1) is 10.0 Å². The van der Waals surface area contributed by atoms with E-state index in [9.17, 15) is 9.59 Å². The van der Waals surface area contributed by atoms with Crippen LogP contribution in [-0.4, -0.2) is 16.1 Å². The van der Waals surface area contributed by atoms with E-state index in [0.29, 0.717) is 14.9 Å². The number of esters is 1. The number of aromatic nitrogens is 1. The van der Waals surface area contributed by atoms with Gasteiger partial charge in [-0.05, 0) is 36.0 Å². The molecule has 0 aliphatic rings. The summed E-state index contributed by atoms with van der Waals surface area (Å²) in [4.78, 5) is 27.6. The highest BCUT2D eigenvalue weighted by molar-refractivity contribution is 8.14. The van der Waals surface area contributed by atoms with E-state index in [1.54, 1.807) is 30.3 Å². The van der Waals surface area contributed by atoms with Crippen LogP contribution >= 0.6 is 35.0 Å². The molecule has 0 amide bonds. The predicted molar refractivity (Wildman–Crippen MR) is 82.2 cm³/mol. The van der Waals surface area contributed by atoms with Gasteiger partial charge < -0.3 is 4.74 Å². The highest BCUT2D eigenvalue weighted by Crippen LogP contribution is 2.29. The van der Waals surface area contributed by atoms with Gasteiger partial charge >= 0.3 is 5.97 Å². The van der Waals surface area contributed by atoms with E-state index in [1.807, 2.05) is 0 Å². The molecule has 7 heteroatoms. The van der Waals surface area contributed by atoms with Crippen LogP contribution in [0.2, 0.25) is 10.0 Å². The number of rotatable bonds is 3. The maximum absolute atomic E-state index is 12.1. The Bertz CT molecular complexity index is 706. The van der Waals surface area contributed by atoms with Crippen LogP contribution in [0.1, 0.15) is 17.4 Å². The van der Waals surface area contributed by atoms with Crippen molar-refractivity contribution < 1.29 is 14.3 Å². The Hall–Kier alpha value is -1.56. The van der Waals surface area contributed by atoms with Crippen LogP contribution in [0.3, 0.4) is 0 Å². The van der Waals surface area contributed by atoms with Crippen LogP contribution in [0.4, 0.5) is 0 Å². The van der Waals surface area contributed by atoms with E-state index in [-0.39, 0.29) is 16.7 Å². The number of thioether (sulfide) groups is 1. The number of halogens is 2. The zero-order chi connectivity index (χ0) is 15.4. The molecule has 0 spiro atoms. The van der Waals surface area contributed by atoms with Gasteiger partial charge in [0.2, 0.25) is 11.0 Å². The molecule has 0 saturated carbocycles. The third kappa shape index (κ3) is 4.46. The largest absolute Gasteiger partial charge is 0.408 e. The minimum Gasteiger partial charge on any atom is -0.408 e. The first-order chi connectivity index (χ1) is 9.95. The van der Waals surface area contributed by atoms with Gasteiger partial charge in [-0.1, -0.05) is 29.3 Å². The average molecular weight is 342 g/mol. The van der Waals surface area contributed by atoms with E-state index < -0.39 is 5.97 Å². The Balaban J connectivity index is 2.16. The Labute approximate surface area is 135 Å². The summed E-state index contributed by atoms with van der Waals surface area (Å²) < 4.78 is 4.84. The van der Waals surface area contributed by atoms with Crippen LogP contribution in [0.25, 0.3) is 0 Å². The van der Waals surface area contributed by atoms with E-state index in [4.69, 9.17) is 27.9 Å². The fourth-order valence-electron chi connectivity index (χ4n) is 1.43. The van der Waals surface area contributed by atoms with Crippen molar-refractivity contribution >= 4 is 46.0 Å². The summed E-state index contributed by atoms with van der Waals surface area (Å²) in [6, 6.07) is 9.53. The van der Waals surface area contributed by atoms with E-state index in [2.05, 4.69) is 4.98 Å². The molecule has 4 nitrogen and oxygen atoms in total. The summed E-state index contributed by atoms with van der Waals surface area (Å²) >= 11 is 12.7. The second-order valence-electron chi connectivity index (χ2n) is 3.92. The molecular formula is C14H9Cl2NO3S. The molecule has 0 atom stereocenters. The van der Waals surface area contributed by atoms with Crippen molar-refractivity contribution in [3.8, 4) is 5.88 Å². The predicted octanol–water partition coefficient (Wildman–Crippen LogP) is 4.25. The molecule has 0 saturated heterocycles. The molecule has 2 rings (SSSR count). The van der Waals surface area contributed by atoms with Crippen LogP contribution in [-0.2, 0) is 4.79 Å². The van der Waals surface area contributed by atoms with Gasteiger partial charge in [-0.15, -0.1) is 0 Å². The molecule has 2 aromatic rings. The quantitative estimate of drug-likeness (QED) is 0.617. The van der Waals surface area contributed by atoms with Gasteiger partial charge in [-0.25, -0.2) is 4.98 Å². The van der Waals surface area contributed by atoms with E-state index >= 15 is 0 Å². The SMILES string of the molecule is CC(=O)Oc1cccc(C(=O)Sc2ccc(Cl)c(Cl)c2)n1. The van der Waals surface area contributed by atoms with Gasteiger partial charge in [0.25, 0.3) is 0 Å². The number of hydrogen-bond donors (Lipinski definition) is 0. The summed E-state index contributed by atoms with van der Waals surface area (Å²) in [6.45, 7) is 1.26. The van der Waals surface area contributed by atoms with Gasteiger partial charge in [0.15, 0.2) is 0 Å². The monoisotopic (exact) mass is 341 g/mol. The first kappa shape index (κ1) is 15.8. The van der Waals surface area contributed by atoms with Crippen LogP contribution < -0.4 is 4.74 Å². The maximum Gasteiger partial charge on any atom is 0.309 e. The Morgan fingerprint density at radius 2 is 1.90 bits per heavy atom. The summed E-state index contributed by atoms with van der Waals surface area (Å²) in [5.41, 5.74) is 0.185. The summed E-state index contributed by atoms with van der Waals surface area (Å²) in [6.07, 6.45) is 0. The number of nitrogens with zero attached hydrogens (tertiary/aromatic N) is 1. The first-order valence-electron chi connectivity index (χ1n) is 5.78. The molecule has 0 aliphatic heterocycles. The number of hydrogen-bond acceptors (Lipinski definition) is 5. The van der Waals surface area contributed by atoms with Crippen molar-refractivity contribution in [1.29, 1.82) is 0 Å². The molecule has 1 aromatic heterocycles.